The number of alkyl halides is 18. The normalized spacial score (nSPS) is 12.3. The van der Waals surface area contributed by atoms with E-state index in [4.69, 9.17) is 0 Å². The minimum atomic E-state index is -4.91. The SMILES string of the molecule is FC(F)(F)c1[c-]c(-c2ccccn2)cc(C(F)(F)F)c1.FC(F)(F)c1[c-]c(-c2ccccn2)cc(C(F)(F)F)c1.FC(F)(F)c1[c-]c(-c2ccccn2)cc(C(F)(F)F)c1.[Ir+3]. The van der Waals surface area contributed by atoms with Gasteiger partial charge in [-0.1, -0.05) is 36.4 Å². The van der Waals surface area contributed by atoms with E-state index in [-0.39, 0.29) is 72.1 Å². The van der Waals surface area contributed by atoms with Gasteiger partial charge in [-0.25, -0.2) is 0 Å². The van der Waals surface area contributed by atoms with Gasteiger partial charge < -0.3 is 15.0 Å². The molecule has 61 heavy (non-hydrogen) atoms. The minimum absolute atomic E-state index is 0. The maximum Gasteiger partial charge on any atom is 3.00 e. The molecule has 324 valence electrons. The van der Waals surface area contributed by atoms with Crippen molar-refractivity contribution in [1.29, 1.82) is 0 Å². The van der Waals surface area contributed by atoms with Crippen LogP contribution in [-0.4, -0.2) is 15.0 Å². The maximum absolute atomic E-state index is 12.7. The second kappa shape index (κ2) is 19.0. The molecule has 0 radical (unpaired) electrons. The summed E-state index contributed by atoms with van der Waals surface area (Å²) in [5.74, 6) is 0. The van der Waals surface area contributed by atoms with Crippen LogP contribution in [0.3, 0.4) is 0 Å². The minimum Gasteiger partial charge on any atom is -0.305 e. The Bertz CT molecular complexity index is 1980. The Morgan fingerprint density at radius 2 is 0.541 bits per heavy atom. The summed E-state index contributed by atoms with van der Waals surface area (Å²) in [6.45, 7) is 0. The summed E-state index contributed by atoms with van der Waals surface area (Å²) in [7, 11) is 0. The quantitative estimate of drug-likeness (QED) is 0.131. The van der Waals surface area contributed by atoms with Crippen molar-refractivity contribution >= 4 is 0 Å². The van der Waals surface area contributed by atoms with Gasteiger partial charge in [-0.15, -0.1) is 71.3 Å². The Hall–Kier alpha value is -5.50. The number of benzene rings is 3. The van der Waals surface area contributed by atoms with Crippen molar-refractivity contribution in [3.05, 3.63) is 161 Å². The van der Waals surface area contributed by atoms with Crippen molar-refractivity contribution in [2.24, 2.45) is 0 Å². The summed E-state index contributed by atoms with van der Waals surface area (Å²) in [4.78, 5) is 11.2. The van der Waals surface area contributed by atoms with Crippen LogP contribution in [0.2, 0.25) is 0 Å². The Morgan fingerprint density at radius 3 is 0.705 bits per heavy atom. The smallest absolute Gasteiger partial charge is 0.305 e. The zero-order chi connectivity index (χ0) is 44.9. The molecule has 3 nitrogen and oxygen atoms in total. The summed E-state index contributed by atoms with van der Waals surface area (Å²) in [5, 5.41) is 0. The van der Waals surface area contributed by atoms with Crippen molar-refractivity contribution in [3.63, 3.8) is 0 Å². The van der Waals surface area contributed by atoms with E-state index in [1.54, 1.807) is 0 Å². The van der Waals surface area contributed by atoms with Crippen LogP contribution in [0, 0.1) is 18.2 Å². The molecule has 3 aromatic carbocycles. The molecule has 0 amide bonds. The predicted molar refractivity (Wildman–Crippen MR) is 176 cm³/mol. The molecule has 6 rings (SSSR count). The summed E-state index contributed by atoms with van der Waals surface area (Å²) in [6.07, 6.45) is -25.5. The maximum atomic E-state index is 12.7. The Balaban J connectivity index is 0.000000242. The second-order valence-electron chi connectivity index (χ2n) is 11.7. The molecule has 22 heteroatoms. The molecule has 0 aliphatic heterocycles. The van der Waals surface area contributed by atoms with Crippen molar-refractivity contribution < 1.29 is 99.1 Å². The Labute approximate surface area is 345 Å². The first-order chi connectivity index (χ1) is 27.5. The number of nitrogens with zero attached hydrogens (tertiary/aromatic N) is 3. The number of rotatable bonds is 3. The zero-order valence-corrected chi connectivity index (χ0v) is 31.8. The third-order valence-corrected chi connectivity index (χ3v) is 7.33. The fourth-order valence-electron chi connectivity index (χ4n) is 4.64. The van der Waals surface area contributed by atoms with Gasteiger partial charge in [0.15, 0.2) is 0 Å². The molecule has 0 atom stereocenters. The van der Waals surface area contributed by atoms with Crippen molar-refractivity contribution in [1.82, 2.24) is 15.0 Å². The van der Waals surface area contributed by atoms with Crippen LogP contribution in [0.15, 0.2) is 110 Å². The molecule has 3 aromatic heterocycles. The van der Waals surface area contributed by atoms with Crippen LogP contribution in [0.1, 0.15) is 33.4 Å². The van der Waals surface area contributed by atoms with Crippen LogP contribution < -0.4 is 0 Å². The summed E-state index contributed by atoms with van der Waals surface area (Å²) in [6, 6.07) is 20.5. The van der Waals surface area contributed by atoms with Gasteiger partial charge in [0.1, 0.15) is 0 Å². The third-order valence-electron chi connectivity index (χ3n) is 7.33. The van der Waals surface area contributed by atoms with E-state index >= 15 is 0 Å². The summed E-state index contributed by atoms with van der Waals surface area (Å²) >= 11 is 0. The van der Waals surface area contributed by atoms with Gasteiger partial charge in [0, 0.05) is 18.6 Å². The zero-order valence-electron chi connectivity index (χ0n) is 29.4. The fourth-order valence-corrected chi connectivity index (χ4v) is 4.64. The van der Waals surface area contributed by atoms with Gasteiger partial charge in [-0.05, 0) is 68.7 Å². The van der Waals surface area contributed by atoms with Gasteiger partial charge >= 0.3 is 57.2 Å². The Kier molecular flexibility index (Phi) is 15.6. The van der Waals surface area contributed by atoms with Crippen molar-refractivity contribution in [2.75, 3.05) is 0 Å². The number of aromatic nitrogens is 3. The van der Waals surface area contributed by atoms with E-state index in [0.29, 0.717) is 18.2 Å². The van der Waals surface area contributed by atoms with E-state index < -0.39 is 70.4 Å². The average molecular weight is 1060 g/mol. The molecule has 0 saturated heterocycles. The van der Waals surface area contributed by atoms with E-state index in [1.807, 2.05) is 18.2 Å². The molecule has 0 fully saturated rings. The molecule has 0 N–H and O–H groups in total. The monoisotopic (exact) mass is 1060 g/mol. The molecular formula is C39H18F18IrN3. The van der Waals surface area contributed by atoms with E-state index in [1.165, 1.54) is 73.2 Å². The van der Waals surface area contributed by atoms with Gasteiger partial charge in [0.25, 0.3) is 0 Å². The molecule has 0 spiro atoms. The predicted octanol–water partition coefficient (Wildman–Crippen LogP) is 13.8. The fraction of sp³-hybridized carbons (Fsp3) is 0.154. The molecule has 0 aliphatic rings. The van der Waals surface area contributed by atoms with E-state index in [9.17, 15) is 79.0 Å². The first-order valence-corrected chi connectivity index (χ1v) is 15.9. The first kappa shape index (κ1) is 49.9. The largest absolute Gasteiger partial charge is 3.00 e. The molecule has 0 bridgehead atoms. The van der Waals surface area contributed by atoms with Gasteiger partial charge in [-0.2, -0.15) is 79.0 Å². The van der Waals surface area contributed by atoms with E-state index in [2.05, 4.69) is 15.0 Å². The van der Waals surface area contributed by atoms with Crippen LogP contribution in [0.4, 0.5) is 79.0 Å². The van der Waals surface area contributed by atoms with Crippen LogP contribution >= 0.6 is 0 Å². The van der Waals surface area contributed by atoms with Gasteiger partial charge in [0.05, 0.1) is 0 Å². The van der Waals surface area contributed by atoms with Crippen molar-refractivity contribution in [3.8, 4) is 33.8 Å². The molecule has 0 saturated carbocycles. The van der Waals surface area contributed by atoms with Gasteiger partial charge in [-0.3, -0.25) is 0 Å². The van der Waals surface area contributed by atoms with E-state index in [0.717, 1.165) is 0 Å². The van der Waals surface area contributed by atoms with Crippen LogP contribution in [0.5, 0.6) is 0 Å². The molecule has 3 heterocycles. The molecule has 0 aliphatic carbocycles. The average Bonchev–Trinajstić information content (AvgIpc) is 3.17. The van der Waals surface area contributed by atoms with Crippen LogP contribution in [0.25, 0.3) is 33.8 Å². The number of halogens is 18. The second-order valence-corrected chi connectivity index (χ2v) is 11.7. The van der Waals surface area contributed by atoms with Crippen molar-refractivity contribution in [2.45, 2.75) is 37.1 Å². The standard InChI is InChI=1S/3C13H6F6N.Ir/c3*14-12(15,16)9-5-8(11-3-1-2-4-20-11)6-10(7-9)13(17,18)19;/h3*1-5,7H;/q3*-1;+3. The number of hydrogen-bond acceptors (Lipinski definition) is 3. The van der Waals surface area contributed by atoms with Gasteiger partial charge in [0.2, 0.25) is 0 Å². The topological polar surface area (TPSA) is 38.7 Å². The summed E-state index contributed by atoms with van der Waals surface area (Å²) < 4.78 is 228. The number of pyridine rings is 3. The summed E-state index contributed by atoms with van der Waals surface area (Å²) in [5.41, 5.74) is -9.68. The molecule has 6 aromatic rings. The molecular weight excluding hydrogens is 1040 g/mol. The number of hydrogen-bond donors (Lipinski definition) is 0. The third kappa shape index (κ3) is 14.3. The first-order valence-electron chi connectivity index (χ1n) is 15.9. The Morgan fingerprint density at radius 1 is 0.311 bits per heavy atom. The molecule has 0 unspecified atom stereocenters. The van der Waals surface area contributed by atoms with Crippen LogP contribution in [-0.2, 0) is 57.2 Å².